The molecule has 0 saturated carbocycles. The van der Waals surface area contributed by atoms with Crippen LogP contribution in [0, 0.1) is 11.8 Å². The van der Waals surface area contributed by atoms with Crippen LogP contribution in [0.2, 0.25) is 0 Å². The number of benzene rings is 3. The molecule has 0 spiro atoms. The van der Waals surface area contributed by atoms with Crippen molar-refractivity contribution < 1.29 is 4.18 Å². The van der Waals surface area contributed by atoms with Crippen LogP contribution in [0.4, 0.5) is 0 Å². The van der Waals surface area contributed by atoms with Crippen LogP contribution in [0.5, 0.6) is 0 Å². The van der Waals surface area contributed by atoms with Gasteiger partial charge in [-0.05, 0) is 35.3 Å². The Labute approximate surface area is 147 Å². The zero-order valence-electron chi connectivity index (χ0n) is 13.3. The maximum absolute atomic E-state index is 6.00. The van der Waals surface area contributed by atoms with E-state index in [1.807, 2.05) is 78.9 Å². The molecule has 1 nitrogen and oxygen atoms in total. The summed E-state index contributed by atoms with van der Waals surface area (Å²) in [5, 5.41) is 0. The highest BCUT2D eigenvalue weighted by molar-refractivity contribution is 7.93. The first-order chi connectivity index (χ1) is 11.9. The maximum atomic E-state index is 6.00. The minimum atomic E-state index is -0.250. The van der Waals surface area contributed by atoms with Crippen LogP contribution in [0.3, 0.4) is 0 Å². The molecule has 3 rings (SSSR count). The van der Waals surface area contributed by atoms with Gasteiger partial charge < -0.3 is 0 Å². The van der Waals surface area contributed by atoms with E-state index < -0.39 is 0 Å². The fraction of sp³-hybridized carbons (Fsp3) is 0.0909. The zero-order chi connectivity index (χ0) is 16.5. The highest BCUT2D eigenvalue weighted by Crippen LogP contribution is 2.24. The molecule has 0 aliphatic carbocycles. The molecule has 1 atom stereocenters. The van der Waals surface area contributed by atoms with Gasteiger partial charge in [0, 0.05) is 11.3 Å². The van der Waals surface area contributed by atoms with Gasteiger partial charge in [-0.2, -0.15) is 0 Å². The Hall–Kier alpha value is -2.47. The minimum absolute atomic E-state index is 0.250. The Morgan fingerprint density at radius 3 is 2.00 bits per heavy atom. The second-order valence-electron chi connectivity index (χ2n) is 5.27. The summed E-state index contributed by atoms with van der Waals surface area (Å²) in [6.07, 6.45) is -0.250. The van der Waals surface area contributed by atoms with Crippen LogP contribution in [0.15, 0.2) is 91.0 Å². The molecule has 0 N–H and O–H groups in total. The molecule has 0 fully saturated rings. The van der Waals surface area contributed by atoms with E-state index in [0.29, 0.717) is 0 Å². The van der Waals surface area contributed by atoms with Gasteiger partial charge in [-0.25, -0.2) is 0 Å². The lowest BCUT2D eigenvalue weighted by atomic mass is 10.1. The SMILES string of the molecule is C(#CC(OSCc1ccccc1)c1ccccc1)c1ccccc1. The van der Waals surface area contributed by atoms with E-state index in [0.717, 1.165) is 16.9 Å². The first-order valence-electron chi connectivity index (χ1n) is 7.85. The predicted molar refractivity (Wildman–Crippen MR) is 101 cm³/mol. The molecule has 0 aliphatic heterocycles. The summed E-state index contributed by atoms with van der Waals surface area (Å²) >= 11 is 1.44. The normalized spacial score (nSPS) is 11.3. The molecule has 1 unspecified atom stereocenters. The van der Waals surface area contributed by atoms with E-state index in [1.165, 1.54) is 17.6 Å². The van der Waals surface area contributed by atoms with Gasteiger partial charge in [0.1, 0.15) is 0 Å². The summed E-state index contributed by atoms with van der Waals surface area (Å²) in [6, 6.07) is 30.4. The molecule has 3 aromatic rings. The fourth-order valence-electron chi connectivity index (χ4n) is 2.21. The second kappa shape index (κ2) is 8.98. The Morgan fingerprint density at radius 2 is 1.33 bits per heavy atom. The topological polar surface area (TPSA) is 9.23 Å². The zero-order valence-corrected chi connectivity index (χ0v) is 14.1. The van der Waals surface area contributed by atoms with Gasteiger partial charge in [-0.15, -0.1) is 0 Å². The molecular weight excluding hydrogens is 312 g/mol. The average Bonchev–Trinajstić information content (AvgIpc) is 2.67. The third kappa shape index (κ3) is 5.03. The smallest absolute Gasteiger partial charge is 0.158 e. The third-order valence-electron chi connectivity index (χ3n) is 3.46. The molecule has 0 amide bonds. The maximum Gasteiger partial charge on any atom is 0.158 e. The van der Waals surface area contributed by atoms with Crippen LogP contribution in [0.25, 0.3) is 0 Å². The van der Waals surface area contributed by atoms with Gasteiger partial charge >= 0.3 is 0 Å². The molecule has 118 valence electrons. The van der Waals surface area contributed by atoms with Crippen LogP contribution >= 0.6 is 12.0 Å². The number of hydrogen-bond donors (Lipinski definition) is 0. The third-order valence-corrected chi connectivity index (χ3v) is 4.24. The van der Waals surface area contributed by atoms with E-state index in [9.17, 15) is 0 Å². The van der Waals surface area contributed by atoms with Crippen molar-refractivity contribution in [2.75, 3.05) is 0 Å². The van der Waals surface area contributed by atoms with Gasteiger partial charge in [-0.3, -0.25) is 4.18 Å². The Morgan fingerprint density at radius 1 is 0.750 bits per heavy atom. The van der Waals surface area contributed by atoms with Crippen molar-refractivity contribution in [1.82, 2.24) is 0 Å². The summed E-state index contributed by atoms with van der Waals surface area (Å²) in [7, 11) is 0. The molecule has 0 radical (unpaired) electrons. The monoisotopic (exact) mass is 330 g/mol. The van der Waals surface area contributed by atoms with Gasteiger partial charge in [-0.1, -0.05) is 90.7 Å². The largest absolute Gasteiger partial charge is 0.294 e. The first-order valence-corrected chi connectivity index (χ1v) is 8.76. The summed E-state index contributed by atoms with van der Waals surface area (Å²) < 4.78 is 6.00. The Bertz CT molecular complexity index is 789. The van der Waals surface area contributed by atoms with Gasteiger partial charge in [0.25, 0.3) is 0 Å². The molecule has 3 aromatic carbocycles. The molecule has 0 aliphatic rings. The predicted octanol–water partition coefficient (Wildman–Crippen LogP) is 5.64. The van der Waals surface area contributed by atoms with Crippen LogP contribution in [-0.4, -0.2) is 0 Å². The van der Waals surface area contributed by atoms with Crippen molar-refractivity contribution >= 4 is 12.0 Å². The van der Waals surface area contributed by atoms with Crippen LogP contribution in [0.1, 0.15) is 22.8 Å². The Balaban J connectivity index is 1.70. The molecule has 0 aromatic heterocycles. The van der Waals surface area contributed by atoms with Crippen molar-refractivity contribution in [3.05, 3.63) is 108 Å². The molecule has 0 bridgehead atoms. The van der Waals surface area contributed by atoms with E-state index in [1.54, 1.807) is 0 Å². The number of rotatable bonds is 5. The highest BCUT2D eigenvalue weighted by atomic mass is 32.2. The van der Waals surface area contributed by atoms with Crippen molar-refractivity contribution in [3.63, 3.8) is 0 Å². The fourth-order valence-corrected chi connectivity index (χ4v) is 2.90. The summed E-state index contributed by atoms with van der Waals surface area (Å²) in [5.41, 5.74) is 3.31. The lowest BCUT2D eigenvalue weighted by molar-refractivity contribution is 0.316. The molecule has 24 heavy (non-hydrogen) atoms. The van der Waals surface area contributed by atoms with E-state index in [-0.39, 0.29) is 6.10 Å². The minimum Gasteiger partial charge on any atom is -0.294 e. The summed E-state index contributed by atoms with van der Waals surface area (Å²) in [4.78, 5) is 0. The van der Waals surface area contributed by atoms with E-state index in [4.69, 9.17) is 4.18 Å². The van der Waals surface area contributed by atoms with E-state index in [2.05, 4.69) is 24.0 Å². The quantitative estimate of drug-likeness (QED) is 0.442. The van der Waals surface area contributed by atoms with Crippen molar-refractivity contribution in [1.29, 1.82) is 0 Å². The number of hydrogen-bond acceptors (Lipinski definition) is 2. The highest BCUT2D eigenvalue weighted by Gasteiger charge is 2.09. The van der Waals surface area contributed by atoms with Crippen molar-refractivity contribution in [3.8, 4) is 11.8 Å². The van der Waals surface area contributed by atoms with Crippen molar-refractivity contribution in [2.24, 2.45) is 0 Å². The second-order valence-corrected chi connectivity index (χ2v) is 5.99. The summed E-state index contributed by atoms with van der Waals surface area (Å²) in [6.45, 7) is 0. The van der Waals surface area contributed by atoms with Gasteiger partial charge in [0.2, 0.25) is 0 Å². The molecule has 0 heterocycles. The summed E-state index contributed by atoms with van der Waals surface area (Å²) in [5.74, 6) is 7.25. The van der Waals surface area contributed by atoms with Crippen molar-refractivity contribution in [2.45, 2.75) is 11.9 Å². The molecular formula is C22H18OS. The lowest BCUT2D eigenvalue weighted by Gasteiger charge is -2.11. The lowest BCUT2D eigenvalue weighted by Crippen LogP contribution is -1.97. The Kier molecular flexibility index (Phi) is 6.13. The van der Waals surface area contributed by atoms with Crippen LogP contribution < -0.4 is 0 Å². The van der Waals surface area contributed by atoms with E-state index >= 15 is 0 Å². The van der Waals surface area contributed by atoms with Gasteiger partial charge in [0.05, 0.1) is 0 Å². The average molecular weight is 330 g/mol. The molecule has 2 heteroatoms. The van der Waals surface area contributed by atoms with Crippen LogP contribution in [-0.2, 0) is 9.94 Å². The van der Waals surface area contributed by atoms with Gasteiger partial charge in [0.15, 0.2) is 6.10 Å². The molecule has 0 saturated heterocycles. The standard InChI is InChI=1S/C22H18OS/c1-4-10-19(11-5-1)16-17-22(21-14-8-3-9-15-21)23-24-18-20-12-6-2-7-13-20/h1-15,22H,18H2. The first kappa shape index (κ1) is 16.4.